The Labute approximate surface area is 195 Å². The van der Waals surface area contributed by atoms with Crippen molar-refractivity contribution in [3.8, 4) is 0 Å². The first-order valence-corrected chi connectivity index (χ1v) is 14.1. The number of aromatic nitrogens is 2. The smallest absolute Gasteiger partial charge is 0.263 e. The molecule has 1 unspecified atom stereocenters. The minimum Gasteiger partial charge on any atom is -0.293 e. The molecule has 1 N–H and O–H groups in total. The van der Waals surface area contributed by atoms with Crippen molar-refractivity contribution >= 4 is 54.8 Å². The molecule has 170 valence electrons. The lowest BCUT2D eigenvalue weighted by molar-refractivity contribution is 0.0994. The predicted molar refractivity (Wildman–Crippen MR) is 131 cm³/mol. The van der Waals surface area contributed by atoms with Crippen molar-refractivity contribution in [1.29, 1.82) is 0 Å². The molecule has 4 rings (SSSR count). The normalized spacial score (nSPS) is 14.8. The fourth-order valence-electron chi connectivity index (χ4n) is 3.95. The third-order valence-corrected chi connectivity index (χ3v) is 8.36. The van der Waals surface area contributed by atoms with E-state index in [1.807, 2.05) is 6.92 Å². The zero-order valence-corrected chi connectivity index (χ0v) is 20.6. The number of carbonyl (C=O) groups is 1. The highest BCUT2D eigenvalue weighted by atomic mass is 32.2. The first-order chi connectivity index (χ1) is 15.2. The van der Waals surface area contributed by atoms with Crippen molar-refractivity contribution in [2.24, 2.45) is 0 Å². The van der Waals surface area contributed by atoms with Crippen molar-refractivity contribution in [3.05, 3.63) is 50.6 Å². The molecule has 2 heterocycles. The summed E-state index contributed by atoms with van der Waals surface area (Å²) in [6.07, 6.45) is 5.26. The number of benzene rings is 1. The molecule has 0 amide bonds. The number of nitrogens with one attached hydrogen (secondary N) is 1. The third-order valence-electron chi connectivity index (χ3n) is 5.48. The molecule has 1 aromatic carbocycles. The van der Waals surface area contributed by atoms with Crippen LogP contribution in [-0.4, -0.2) is 35.3 Å². The largest absolute Gasteiger partial charge is 0.293 e. The summed E-state index contributed by atoms with van der Waals surface area (Å²) in [7, 11) is -3.38. The minimum atomic E-state index is -3.38. The number of nitrogens with zero attached hydrogens (tertiary/aromatic N) is 2. The summed E-state index contributed by atoms with van der Waals surface area (Å²) in [6.45, 7) is 4.20. The highest BCUT2D eigenvalue weighted by Gasteiger charge is 2.24. The number of anilines is 1. The zero-order chi connectivity index (χ0) is 23.0. The summed E-state index contributed by atoms with van der Waals surface area (Å²) in [6, 6.07) is 6.33. The molecule has 0 saturated carbocycles. The van der Waals surface area contributed by atoms with Gasteiger partial charge in [-0.05, 0) is 69.4 Å². The molecule has 2 aromatic heterocycles. The average molecular weight is 492 g/mol. The van der Waals surface area contributed by atoms with Gasteiger partial charge in [0.05, 0.1) is 16.9 Å². The summed E-state index contributed by atoms with van der Waals surface area (Å²) in [5, 5.41) is 0.851. The fourth-order valence-corrected chi connectivity index (χ4v) is 6.87. The summed E-state index contributed by atoms with van der Waals surface area (Å²) < 4.78 is 26.8. The molecular formula is C22H25N3O4S3. The standard InChI is InChI=1S/C22H25N3O4S3/c1-4-25-21(27)18-16-7-5-6-8-17(16)31-20(18)23-22(25)30-13(2)19(26)14-9-11-15(12-10-14)24-32(3,28)29/h9-13,24H,4-8H2,1-3H3. The topological polar surface area (TPSA) is 98.1 Å². The Morgan fingerprint density at radius 3 is 2.59 bits per heavy atom. The highest BCUT2D eigenvalue weighted by molar-refractivity contribution is 8.00. The lowest BCUT2D eigenvalue weighted by Gasteiger charge is -2.15. The Morgan fingerprint density at radius 2 is 1.94 bits per heavy atom. The quantitative estimate of drug-likeness (QED) is 0.304. The first-order valence-electron chi connectivity index (χ1n) is 10.5. The Morgan fingerprint density at radius 1 is 1.25 bits per heavy atom. The van der Waals surface area contributed by atoms with Crippen molar-refractivity contribution in [2.75, 3.05) is 11.0 Å². The van der Waals surface area contributed by atoms with Crippen LogP contribution in [-0.2, 0) is 29.4 Å². The van der Waals surface area contributed by atoms with Gasteiger partial charge in [0.1, 0.15) is 4.83 Å². The maximum Gasteiger partial charge on any atom is 0.263 e. The van der Waals surface area contributed by atoms with E-state index in [1.54, 1.807) is 47.1 Å². The average Bonchev–Trinajstić information content (AvgIpc) is 3.11. The van der Waals surface area contributed by atoms with Crippen LogP contribution in [0.5, 0.6) is 0 Å². The van der Waals surface area contributed by atoms with Gasteiger partial charge in [-0.2, -0.15) is 0 Å². The molecule has 0 fully saturated rings. The maximum atomic E-state index is 13.3. The van der Waals surface area contributed by atoms with Gasteiger partial charge in [-0.25, -0.2) is 13.4 Å². The molecule has 0 aliphatic heterocycles. The van der Waals surface area contributed by atoms with E-state index >= 15 is 0 Å². The number of Topliss-reactive ketones (excluding diaryl/α,β-unsaturated/α-hetero) is 1. The molecule has 0 radical (unpaired) electrons. The number of thiophene rings is 1. The SMILES string of the molecule is CCn1c(SC(C)C(=O)c2ccc(NS(C)(=O)=O)cc2)nc2sc3c(c2c1=O)CCCC3. The Balaban J connectivity index is 1.61. The van der Waals surface area contributed by atoms with Crippen LogP contribution in [0.1, 0.15) is 47.5 Å². The van der Waals surface area contributed by atoms with Gasteiger partial charge in [0.15, 0.2) is 10.9 Å². The second-order valence-corrected chi connectivity index (χ2v) is 12.1. The Bertz CT molecular complexity index is 1340. The second-order valence-electron chi connectivity index (χ2n) is 7.91. The lowest BCUT2D eigenvalue weighted by Crippen LogP contribution is -2.24. The van der Waals surface area contributed by atoms with Gasteiger partial charge in [-0.1, -0.05) is 11.8 Å². The van der Waals surface area contributed by atoms with Crippen LogP contribution in [0.2, 0.25) is 0 Å². The molecule has 1 aliphatic rings. The van der Waals surface area contributed by atoms with Crippen LogP contribution < -0.4 is 10.3 Å². The third kappa shape index (κ3) is 4.62. The number of aryl methyl sites for hydroxylation is 2. The Hall–Kier alpha value is -2.17. The summed E-state index contributed by atoms with van der Waals surface area (Å²) >= 11 is 2.89. The van der Waals surface area contributed by atoms with Crippen molar-refractivity contribution < 1.29 is 13.2 Å². The van der Waals surface area contributed by atoms with Gasteiger partial charge < -0.3 is 0 Å². The van der Waals surface area contributed by atoms with Crippen LogP contribution >= 0.6 is 23.1 Å². The van der Waals surface area contributed by atoms with Gasteiger partial charge in [-0.15, -0.1) is 11.3 Å². The Kier molecular flexibility index (Phi) is 6.46. The zero-order valence-electron chi connectivity index (χ0n) is 18.2. The van der Waals surface area contributed by atoms with Gasteiger partial charge >= 0.3 is 0 Å². The molecule has 10 heteroatoms. The van der Waals surface area contributed by atoms with Crippen LogP contribution in [0.15, 0.2) is 34.2 Å². The number of carbonyl (C=O) groups excluding carboxylic acids is 1. The number of ketones is 1. The number of hydrogen-bond acceptors (Lipinski definition) is 7. The van der Waals surface area contributed by atoms with E-state index in [1.165, 1.54) is 22.2 Å². The van der Waals surface area contributed by atoms with Crippen LogP contribution in [0.3, 0.4) is 0 Å². The van der Waals surface area contributed by atoms with Crippen LogP contribution in [0, 0.1) is 0 Å². The number of fused-ring (bicyclic) bond motifs is 3. The first kappa shape index (κ1) is 23.0. The van der Waals surface area contributed by atoms with E-state index in [2.05, 4.69) is 4.72 Å². The second kappa shape index (κ2) is 8.99. The van der Waals surface area contributed by atoms with Gasteiger partial charge in [0, 0.05) is 22.7 Å². The van der Waals surface area contributed by atoms with E-state index in [0.717, 1.165) is 42.2 Å². The molecule has 1 aliphatic carbocycles. The highest BCUT2D eigenvalue weighted by Crippen LogP contribution is 2.35. The molecular weight excluding hydrogens is 466 g/mol. The fraction of sp³-hybridized carbons (Fsp3) is 0.409. The van der Waals surface area contributed by atoms with Crippen molar-refractivity contribution in [2.45, 2.75) is 56.5 Å². The molecule has 1 atom stereocenters. The minimum absolute atomic E-state index is 0.0183. The number of rotatable bonds is 7. The maximum absolute atomic E-state index is 13.3. The summed E-state index contributed by atoms with van der Waals surface area (Å²) in [5.74, 6) is -0.108. The van der Waals surface area contributed by atoms with E-state index in [4.69, 9.17) is 4.98 Å². The molecule has 0 bridgehead atoms. The van der Waals surface area contributed by atoms with E-state index in [0.29, 0.717) is 23.0 Å². The lowest BCUT2D eigenvalue weighted by atomic mass is 9.97. The number of hydrogen-bond donors (Lipinski definition) is 1. The van der Waals surface area contributed by atoms with E-state index in [9.17, 15) is 18.0 Å². The summed E-state index contributed by atoms with van der Waals surface area (Å²) in [5.41, 5.74) is 2.02. The number of thioether (sulfide) groups is 1. The molecule has 32 heavy (non-hydrogen) atoms. The van der Waals surface area contributed by atoms with Crippen LogP contribution in [0.25, 0.3) is 10.2 Å². The molecule has 7 nitrogen and oxygen atoms in total. The van der Waals surface area contributed by atoms with Crippen LogP contribution in [0.4, 0.5) is 5.69 Å². The predicted octanol–water partition coefficient (Wildman–Crippen LogP) is 4.09. The monoisotopic (exact) mass is 491 g/mol. The summed E-state index contributed by atoms with van der Waals surface area (Å²) in [4.78, 5) is 33.1. The van der Waals surface area contributed by atoms with Crippen molar-refractivity contribution in [1.82, 2.24) is 9.55 Å². The van der Waals surface area contributed by atoms with E-state index < -0.39 is 15.3 Å². The molecule has 0 spiro atoms. The molecule has 3 aromatic rings. The molecule has 0 saturated heterocycles. The van der Waals surface area contributed by atoms with Gasteiger partial charge in [0.2, 0.25) is 10.0 Å². The number of sulfonamides is 1. The van der Waals surface area contributed by atoms with E-state index in [-0.39, 0.29) is 11.3 Å². The van der Waals surface area contributed by atoms with Crippen molar-refractivity contribution in [3.63, 3.8) is 0 Å². The van der Waals surface area contributed by atoms with Gasteiger partial charge in [0.25, 0.3) is 5.56 Å². The van der Waals surface area contributed by atoms with Gasteiger partial charge in [-0.3, -0.25) is 18.9 Å².